The first-order valence-corrected chi connectivity index (χ1v) is 21.7. The van der Waals surface area contributed by atoms with Crippen LogP contribution >= 0.6 is 0 Å². The molecule has 0 unspecified atom stereocenters. The van der Waals surface area contributed by atoms with E-state index >= 15 is 0 Å². The molecule has 0 saturated carbocycles. The molecule has 5 rings (SSSR count). The van der Waals surface area contributed by atoms with E-state index in [1.807, 2.05) is 6.07 Å². The number of rotatable bonds is 22. The zero-order chi connectivity index (χ0) is 51.1. The number of carbonyl (C=O) groups excluding carboxylic acids is 6. The smallest absolute Gasteiger partial charge is 0.343 e. The number of esters is 6. The van der Waals surface area contributed by atoms with Crippen LogP contribution < -0.4 is 28.4 Å². The molecule has 0 amide bonds. The van der Waals surface area contributed by atoms with E-state index in [4.69, 9.17) is 47.9 Å². The predicted octanol–water partition coefficient (Wildman–Crippen LogP) is 9.69. The third-order valence-electron chi connectivity index (χ3n) is 8.67. The highest BCUT2D eigenvalue weighted by atomic mass is 16.7. The van der Waals surface area contributed by atoms with Crippen molar-refractivity contribution in [3.8, 4) is 40.6 Å². The Morgan fingerprint density at radius 1 is 0.500 bits per heavy atom. The normalized spacial score (nSPS) is 9.80. The predicted molar refractivity (Wildman–Crippen MR) is 257 cm³/mol. The van der Waals surface area contributed by atoms with Crippen LogP contribution in [0.2, 0.25) is 0 Å². The third kappa shape index (κ3) is 20.8. The van der Waals surface area contributed by atoms with Gasteiger partial charge in [-0.15, -0.1) is 0 Å². The van der Waals surface area contributed by atoms with E-state index in [2.05, 4.69) is 33.6 Å². The van der Waals surface area contributed by atoms with Crippen molar-refractivity contribution in [1.29, 1.82) is 5.26 Å². The van der Waals surface area contributed by atoms with Gasteiger partial charge in [0, 0.05) is 37.9 Å². The Morgan fingerprint density at radius 2 is 0.943 bits per heavy atom. The molecular formula is C54H53NO15. The van der Waals surface area contributed by atoms with Crippen molar-refractivity contribution >= 4 is 35.8 Å². The standard InChI is InChI=1S/C31H28O10.C17H11NO4.C6H14O/c1-4-28(32)37-18-6-17-36-24-11-7-22(8-12-24)30(34)40-26-15-16-27(21(3)19-26)41-31(35)23-9-13-25(14-10-23)38-20-39-29(33)5-2;1-2-16(19)21-14-9-5-13(6-10-14)17(20)22-15-7-3-12(11-18)4-8-15;1-3-5-7-6-4-2/h4-5,7-16,19H,1-2,6,17-18,20H2,3H3;2-10H,1H2;3-6H2,1-2H3. The monoisotopic (exact) mass is 955 g/mol. The first kappa shape index (κ1) is 55.5. The number of aryl methyl sites for hydroxylation is 1. The van der Waals surface area contributed by atoms with E-state index < -0.39 is 35.8 Å². The minimum Gasteiger partial charge on any atom is -0.493 e. The minimum atomic E-state index is -0.611. The van der Waals surface area contributed by atoms with Crippen LogP contribution in [-0.4, -0.2) is 69.0 Å². The van der Waals surface area contributed by atoms with E-state index in [0.717, 1.165) is 44.3 Å². The molecule has 364 valence electrons. The number of benzene rings is 5. The van der Waals surface area contributed by atoms with Gasteiger partial charge in [-0.05, 0) is 141 Å². The van der Waals surface area contributed by atoms with Gasteiger partial charge in [-0.1, -0.05) is 33.6 Å². The van der Waals surface area contributed by atoms with Crippen LogP contribution in [-0.2, 0) is 28.6 Å². The van der Waals surface area contributed by atoms with Gasteiger partial charge in [-0.2, -0.15) is 5.26 Å². The van der Waals surface area contributed by atoms with Crippen LogP contribution in [0.15, 0.2) is 153 Å². The van der Waals surface area contributed by atoms with Crippen molar-refractivity contribution < 1.29 is 71.4 Å². The summed E-state index contributed by atoms with van der Waals surface area (Å²) in [5, 5.41) is 8.69. The number of carbonyl (C=O) groups is 6. The summed E-state index contributed by atoms with van der Waals surface area (Å²) in [6.45, 7) is 18.0. The summed E-state index contributed by atoms with van der Waals surface area (Å²) >= 11 is 0. The highest BCUT2D eigenvalue weighted by Crippen LogP contribution is 2.26. The van der Waals surface area contributed by atoms with Crippen LogP contribution in [0, 0.1) is 18.3 Å². The summed E-state index contributed by atoms with van der Waals surface area (Å²) < 4.78 is 46.6. The van der Waals surface area contributed by atoms with Gasteiger partial charge in [0.15, 0.2) is 0 Å². The van der Waals surface area contributed by atoms with Gasteiger partial charge in [0.25, 0.3) is 0 Å². The molecule has 0 aliphatic rings. The zero-order valence-corrected chi connectivity index (χ0v) is 39.1. The Kier molecular flexibility index (Phi) is 24.8. The molecule has 0 aliphatic heterocycles. The molecule has 16 heteroatoms. The average Bonchev–Trinajstić information content (AvgIpc) is 3.38. The van der Waals surface area contributed by atoms with Crippen LogP contribution in [0.3, 0.4) is 0 Å². The van der Waals surface area contributed by atoms with Gasteiger partial charge < -0.3 is 42.6 Å². The fourth-order valence-corrected chi connectivity index (χ4v) is 5.17. The van der Waals surface area contributed by atoms with Gasteiger partial charge in [-0.25, -0.2) is 28.8 Å². The molecule has 0 fully saturated rings. The lowest BCUT2D eigenvalue weighted by Gasteiger charge is -2.11. The number of ether oxygens (including phenoxy) is 9. The number of nitrogens with zero attached hydrogens (tertiary/aromatic N) is 1. The zero-order valence-electron chi connectivity index (χ0n) is 39.1. The second-order valence-corrected chi connectivity index (χ2v) is 14.0. The van der Waals surface area contributed by atoms with Crippen LogP contribution in [0.25, 0.3) is 0 Å². The number of hydrogen-bond donors (Lipinski definition) is 0. The van der Waals surface area contributed by atoms with Gasteiger partial charge in [0.05, 0.1) is 41.5 Å². The van der Waals surface area contributed by atoms with Crippen molar-refractivity contribution in [3.05, 3.63) is 181 Å². The second kappa shape index (κ2) is 31.2. The van der Waals surface area contributed by atoms with E-state index in [-0.39, 0.29) is 24.7 Å². The van der Waals surface area contributed by atoms with Crippen molar-refractivity contribution in [3.63, 3.8) is 0 Å². The summed E-state index contributed by atoms with van der Waals surface area (Å²) in [5.41, 5.74) is 1.96. The van der Waals surface area contributed by atoms with Gasteiger partial charge in [-0.3, -0.25) is 0 Å². The van der Waals surface area contributed by atoms with Crippen molar-refractivity contribution in [2.75, 3.05) is 33.2 Å². The van der Waals surface area contributed by atoms with Crippen molar-refractivity contribution in [2.45, 2.75) is 40.0 Å². The Balaban J connectivity index is 0.000000370. The fraction of sp³-hybridized carbons (Fsp3) is 0.204. The molecule has 70 heavy (non-hydrogen) atoms. The van der Waals surface area contributed by atoms with Crippen molar-refractivity contribution in [1.82, 2.24) is 0 Å². The topological polar surface area (TPSA) is 209 Å². The van der Waals surface area contributed by atoms with Gasteiger partial charge >= 0.3 is 35.8 Å². The van der Waals surface area contributed by atoms with E-state index in [1.165, 1.54) is 72.8 Å². The molecule has 0 spiro atoms. The molecular weight excluding hydrogens is 903 g/mol. The maximum absolute atomic E-state index is 12.6. The largest absolute Gasteiger partial charge is 0.493 e. The summed E-state index contributed by atoms with van der Waals surface area (Å²) in [5.74, 6) is -1.22. The molecule has 0 bridgehead atoms. The summed E-state index contributed by atoms with van der Waals surface area (Å²) in [4.78, 5) is 70.2. The second-order valence-electron chi connectivity index (χ2n) is 14.0. The number of hydrogen-bond acceptors (Lipinski definition) is 16. The quantitative estimate of drug-likeness (QED) is 0.0208. The van der Waals surface area contributed by atoms with Crippen LogP contribution in [0.1, 0.15) is 75.3 Å². The maximum Gasteiger partial charge on any atom is 0.343 e. The van der Waals surface area contributed by atoms with Gasteiger partial charge in [0.1, 0.15) is 34.5 Å². The summed E-state index contributed by atoms with van der Waals surface area (Å²) in [6, 6.07) is 31.2. The molecule has 0 radical (unpaired) electrons. The minimum absolute atomic E-state index is 0.215. The van der Waals surface area contributed by atoms with Crippen LogP contribution in [0.4, 0.5) is 0 Å². The average molecular weight is 956 g/mol. The molecule has 0 aromatic heterocycles. The van der Waals surface area contributed by atoms with Gasteiger partial charge in [0.2, 0.25) is 6.79 Å². The highest BCUT2D eigenvalue weighted by molar-refractivity contribution is 5.93. The molecule has 0 aliphatic carbocycles. The molecule has 0 heterocycles. The van der Waals surface area contributed by atoms with E-state index in [9.17, 15) is 28.8 Å². The Hall–Kier alpha value is -8.81. The summed E-state index contributed by atoms with van der Waals surface area (Å²) in [6.07, 6.45) is 5.95. The first-order chi connectivity index (χ1) is 33.8. The number of nitriles is 1. The fourth-order valence-electron chi connectivity index (χ4n) is 5.17. The maximum atomic E-state index is 12.6. The molecule has 5 aromatic rings. The Bertz CT molecular complexity index is 2560. The van der Waals surface area contributed by atoms with E-state index in [0.29, 0.717) is 64.0 Å². The molecule has 5 aromatic carbocycles. The SMILES string of the molecule is C=CC(=O)OCCCOc1ccc(C(=O)Oc2ccc(OC(=O)c3ccc(OCOC(=O)C=C)cc3)c(C)c2)cc1.C=CC(=O)Oc1ccc(C(=O)Oc2ccc(C#N)cc2)cc1.CCCOCCC. The lowest BCUT2D eigenvalue weighted by molar-refractivity contribution is -0.144. The van der Waals surface area contributed by atoms with Crippen LogP contribution in [0.5, 0.6) is 34.5 Å². The first-order valence-electron chi connectivity index (χ1n) is 21.7. The molecule has 16 nitrogen and oxygen atoms in total. The Morgan fingerprint density at radius 3 is 1.44 bits per heavy atom. The molecule has 0 N–H and O–H groups in total. The van der Waals surface area contributed by atoms with E-state index in [1.54, 1.807) is 49.4 Å². The molecule has 0 atom stereocenters. The lowest BCUT2D eigenvalue weighted by Crippen LogP contribution is -2.11. The highest BCUT2D eigenvalue weighted by Gasteiger charge is 2.15. The Labute approximate surface area is 406 Å². The summed E-state index contributed by atoms with van der Waals surface area (Å²) in [7, 11) is 0. The lowest BCUT2D eigenvalue weighted by atomic mass is 10.2. The third-order valence-corrected chi connectivity index (χ3v) is 8.67. The molecule has 0 saturated heterocycles. The van der Waals surface area contributed by atoms with Crippen molar-refractivity contribution in [2.24, 2.45) is 0 Å².